The molecule has 2 N–H and O–H groups in total. The number of benzene rings is 3. The highest BCUT2D eigenvalue weighted by atomic mass is 19.1. The molecule has 1 heterocycles. The number of carbonyl (C=O) groups excluding carboxylic acids is 1. The number of nitrogens with zero attached hydrogens (tertiary/aromatic N) is 1. The first kappa shape index (κ1) is 20.0. The number of nitrogens with one attached hydrogen (secondary N) is 2. The Bertz CT molecular complexity index is 1220. The smallest absolute Gasteiger partial charge is 0.323 e. The van der Waals surface area contributed by atoms with Crippen molar-refractivity contribution in [3.63, 3.8) is 0 Å². The second-order valence-corrected chi connectivity index (χ2v) is 6.56. The van der Waals surface area contributed by atoms with Gasteiger partial charge < -0.3 is 15.4 Å². The molecular weight excluding hydrogens is 400 g/mol. The fraction of sp³-hybridized carbons (Fsp3) is 0. The first-order valence-electron chi connectivity index (χ1n) is 9.40. The Kier molecular flexibility index (Phi) is 5.84. The number of hydrogen-bond donors (Lipinski definition) is 2. The lowest BCUT2D eigenvalue weighted by atomic mass is 10.1. The van der Waals surface area contributed by atoms with Crippen LogP contribution in [0.2, 0.25) is 0 Å². The Morgan fingerprint density at radius 3 is 2.35 bits per heavy atom. The van der Waals surface area contributed by atoms with Crippen LogP contribution in [0.3, 0.4) is 0 Å². The summed E-state index contributed by atoms with van der Waals surface area (Å²) < 4.78 is 32.7. The van der Waals surface area contributed by atoms with Crippen LogP contribution in [0.5, 0.6) is 11.6 Å². The highest BCUT2D eigenvalue weighted by molar-refractivity contribution is 6.00. The van der Waals surface area contributed by atoms with Gasteiger partial charge in [-0.25, -0.2) is 18.6 Å². The van der Waals surface area contributed by atoms with Crippen LogP contribution in [-0.4, -0.2) is 11.0 Å². The molecule has 0 atom stereocenters. The summed E-state index contributed by atoms with van der Waals surface area (Å²) in [6.45, 7) is 0. The number of hydrogen-bond acceptors (Lipinski definition) is 3. The molecule has 0 radical (unpaired) electrons. The van der Waals surface area contributed by atoms with Crippen LogP contribution in [0.1, 0.15) is 0 Å². The molecule has 5 nitrogen and oxygen atoms in total. The largest absolute Gasteiger partial charge is 0.437 e. The SMILES string of the molecule is O=C(Nc1ccc(F)cc1F)Nc1cccnc1Oc1cccc(-c2ccccc2)c1. The van der Waals surface area contributed by atoms with Gasteiger partial charge in [0.15, 0.2) is 0 Å². The maximum atomic E-state index is 13.8. The quantitative estimate of drug-likeness (QED) is 0.392. The Morgan fingerprint density at radius 1 is 0.774 bits per heavy atom. The van der Waals surface area contributed by atoms with Crippen molar-refractivity contribution in [2.45, 2.75) is 0 Å². The van der Waals surface area contributed by atoms with E-state index in [4.69, 9.17) is 4.74 Å². The van der Waals surface area contributed by atoms with E-state index in [1.165, 1.54) is 6.20 Å². The third-order valence-electron chi connectivity index (χ3n) is 4.35. The molecule has 0 unspecified atom stereocenters. The van der Waals surface area contributed by atoms with Crippen molar-refractivity contribution < 1.29 is 18.3 Å². The zero-order valence-corrected chi connectivity index (χ0v) is 16.2. The van der Waals surface area contributed by atoms with Crippen LogP contribution in [0.25, 0.3) is 11.1 Å². The number of pyridine rings is 1. The zero-order chi connectivity index (χ0) is 21.6. The third kappa shape index (κ3) is 5.02. The maximum absolute atomic E-state index is 13.8. The van der Waals surface area contributed by atoms with Gasteiger partial charge in [0, 0.05) is 12.3 Å². The topological polar surface area (TPSA) is 63.2 Å². The van der Waals surface area contributed by atoms with Crippen molar-refractivity contribution in [3.05, 3.63) is 103 Å². The second-order valence-electron chi connectivity index (χ2n) is 6.56. The first-order chi connectivity index (χ1) is 15.1. The van der Waals surface area contributed by atoms with Gasteiger partial charge in [-0.05, 0) is 47.5 Å². The summed E-state index contributed by atoms with van der Waals surface area (Å²) in [6.07, 6.45) is 1.53. The van der Waals surface area contributed by atoms with Crippen LogP contribution in [0, 0.1) is 11.6 Å². The number of halogens is 2. The molecular formula is C24H17F2N3O2. The number of aromatic nitrogens is 1. The van der Waals surface area contributed by atoms with Gasteiger partial charge in [-0.15, -0.1) is 0 Å². The molecule has 0 fully saturated rings. The van der Waals surface area contributed by atoms with Gasteiger partial charge in [-0.1, -0.05) is 42.5 Å². The molecule has 154 valence electrons. The summed E-state index contributed by atoms with van der Waals surface area (Å²) in [4.78, 5) is 16.5. The lowest BCUT2D eigenvalue weighted by Crippen LogP contribution is -2.20. The summed E-state index contributed by atoms with van der Waals surface area (Å²) >= 11 is 0. The number of urea groups is 1. The summed E-state index contributed by atoms with van der Waals surface area (Å²) in [6, 6.07) is 22.7. The fourth-order valence-electron chi connectivity index (χ4n) is 2.92. The number of ether oxygens (including phenoxy) is 1. The van der Waals surface area contributed by atoms with Gasteiger partial charge in [0.25, 0.3) is 0 Å². The van der Waals surface area contributed by atoms with Crippen molar-refractivity contribution in [2.24, 2.45) is 0 Å². The average Bonchev–Trinajstić information content (AvgIpc) is 2.78. The molecule has 0 aliphatic heterocycles. The van der Waals surface area contributed by atoms with Crippen molar-refractivity contribution >= 4 is 17.4 Å². The van der Waals surface area contributed by atoms with Gasteiger partial charge in [-0.2, -0.15) is 0 Å². The standard InChI is InChI=1S/C24H17F2N3O2/c25-18-11-12-21(20(26)15-18)28-24(30)29-22-10-5-13-27-23(22)31-19-9-4-8-17(14-19)16-6-2-1-3-7-16/h1-15H,(H2,28,29,30). The molecule has 0 spiro atoms. The van der Waals surface area contributed by atoms with Gasteiger partial charge in [0.1, 0.15) is 23.1 Å². The predicted molar refractivity (Wildman–Crippen MR) is 115 cm³/mol. The Balaban J connectivity index is 1.51. The van der Waals surface area contributed by atoms with Crippen LogP contribution < -0.4 is 15.4 Å². The first-order valence-corrected chi connectivity index (χ1v) is 9.40. The van der Waals surface area contributed by atoms with E-state index in [1.807, 2.05) is 48.5 Å². The number of carbonyl (C=O) groups is 1. The van der Waals surface area contributed by atoms with Gasteiger partial charge in [0.05, 0.1) is 5.69 Å². The minimum atomic E-state index is -0.879. The molecule has 7 heteroatoms. The molecule has 0 aliphatic rings. The maximum Gasteiger partial charge on any atom is 0.323 e. The van der Waals surface area contributed by atoms with E-state index >= 15 is 0 Å². The predicted octanol–water partition coefficient (Wildman–Crippen LogP) is 6.46. The molecule has 0 saturated heterocycles. The molecule has 2 amide bonds. The zero-order valence-electron chi connectivity index (χ0n) is 16.2. The number of rotatable bonds is 5. The monoisotopic (exact) mass is 417 g/mol. The Morgan fingerprint density at radius 2 is 1.55 bits per heavy atom. The van der Waals surface area contributed by atoms with E-state index in [9.17, 15) is 13.6 Å². The molecule has 4 aromatic rings. The summed E-state index contributed by atoms with van der Waals surface area (Å²) in [5.74, 6) is -0.907. The van der Waals surface area contributed by atoms with Crippen LogP contribution in [0.4, 0.5) is 25.0 Å². The number of amides is 2. The van der Waals surface area contributed by atoms with E-state index < -0.39 is 17.7 Å². The molecule has 1 aromatic heterocycles. The van der Waals surface area contributed by atoms with Crippen molar-refractivity contribution in [1.29, 1.82) is 0 Å². The van der Waals surface area contributed by atoms with E-state index in [2.05, 4.69) is 15.6 Å². The summed E-state index contributed by atoms with van der Waals surface area (Å²) in [5.41, 5.74) is 2.13. The third-order valence-corrected chi connectivity index (χ3v) is 4.35. The molecule has 0 bridgehead atoms. The van der Waals surface area contributed by atoms with E-state index in [0.29, 0.717) is 11.8 Å². The minimum Gasteiger partial charge on any atom is -0.437 e. The van der Waals surface area contributed by atoms with E-state index in [0.717, 1.165) is 23.3 Å². The highest BCUT2D eigenvalue weighted by Crippen LogP contribution is 2.30. The summed E-state index contributed by atoms with van der Waals surface area (Å²) in [7, 11) is 0. The molecule has 31 heavy (non-hydrogen) atoms. The molecule has 0 aliphatic carbocycles. The fourth-order valence-corrected chi connectivity index (χ4v) is 2.92. The normalized spacial score (nSPS) is 10.4. The number of anilines is 2. The van der Waals surface area contributed by atoms with Crippen LogP contribution >= 0.6 is 0 Å². The lowest BCUT2D eigenvalue weighted by molar-refractivity contribution is 0.262. The average molecular weight is 417 g/mol. The molecule has 3 aromatic carbocycles. The van der Waals surface area contributed by atoms with Crippen molar-refractivity contribution in [2.75, 3.05) is 10.6 Å². The Hall–Kier alpha value is -4.26. The molecule has 4 rings (SSSR count). The van der Waals surface area contributed by atoms with Crippen molar-refractivity contribution in [3.8, 4) is 22.8 Å². The molecule has 0 saturated carbocycles. The van der Waals surface area contributed by atoms with Gasteiger partial charge >= 0.3 is 6.03 Å². The highest BCUT2D eigenvalue weighted by Gasteiger charge is 2.12. The Labute approximate surface area is 177 Å². The van der Waals surface area contributed by atoms with Crippen LogP contribution in [0.15, 0.2) is 91.1 Å². The summed E-state index contributed by atoms with van der Waals surface area (Å²) in [5, 5.41) is 4.90. The van der Waals surface area contributed by atoms with Gasteiger partial charge in [0.2, 0.25) is 5.88 Å². The minimum absolute atomic E-state index is 0.152. The lowest BCUT2D eigenvalue weighted by Gasteiger charge is -2.13. The second kappa shape index (κ2) is 9.04. The van der Waals surface area contributed by atoms with E-state index in [1.54, 1.807) is 18.2 Å². The van der Waals surface area contributed by atoms with Gasteiger partial charge in [-0.3, -0.25) is 0 Å². The van der Waals surface area contributed by atoms with Crippen molar-refractivity contribution in [1.82, 2.24) is 4.98 Å². The van der Waals surface area contributed by atoms with Crippen LogP contribution in [-0.2, 0) is 0 Å². The van der Waals surface area contributed by atoms with E-state index in [-0.39, 0.29) is 17.3 Å².